The first-order chi connectivity index (χ1) is 20.2. The third-order valence-corrected chi connectivity index (χ3v) is 8.34. The van der Waals surface area contributed by atoms with E-state index in [0.717, 1.165) is 5.39 Å². The number of aliphatic hydroxyl groups is 1. The van der Waals surface area contributed by atoms with E-state index >= 15 is 4.39 Å². The number of halogens is 4. The monoisotopic (exact) mass is 649 g/mol. The molecule has 0 saturated carbocycles. The Balaban J connectivity index is 1.66. The fraction of sp³-hybridized carbons (Fsp3) is 0.423. The summed E-state index contributed by atoms with van der Waals surface area (Å²) in [5.41, 5.74) is -5.48. The fourth-order valence-corrected chi connectivity index (χ4v) is 5.95. The van der Waals surface area contributed by atoms with Gasteiger partial charge < -0.3 is 19.1 Å². The zero-order valence-corrected chi connectivity index (χ0v) is 24.6. The van der Waals surface area contributed by atoms with E-state index in [4.69, 9.17) is 30.1 Å². The van der Waals surface area contributed by atoms with Crippen molar-refractivity contribution in [1.29, 1.82) is 0 Å². The van der Waals surface area contributed by atoms with Crippen LogP contribution in [0.5, 0.6) is 5.75 Å². The lowest BCUT2D eigenvalue weighted by molar-refractivity contribution is -0.192. The summed E-state index contributed by atoms with van der Waals surface area (Å²) in [6.07, 6.45) is -11.0. The number of aliphatic hydroxyl groups excluding tert-OH is 1. The van der Waals surface area contributed by atoms with Crippen LogP contribution in [0.25, 0.3) is 10.8 Å². The SMILES string of the molecule is CC(C)OC(=O)C(C)NP(=O)(OCC1(C(F)F)OC(n2cc(Cl)c(=O)[nH]c2=O)C(F)C1O)Oc1ccc2ccccc2c1. The Bertz CT molecular complexity index is 1660. The number of nitrogens with zero attached hydrogens (tertiary/aromatic N) is 1. The van der Waals surface area contributed by atoms with Gasteiger partial charge in [-0.25, -0.2) is 22.5 Å². The number of nitrogens with one attached hydrogen (secondary N) is 2. The van der Waals surface area contributed by atoms with Gasteiger partial charge in [0.25, 0.3) is 12.0 Å². The molecule has 0 amide bonds. The number of carbonyl (C=O) groups is 1. The van der Waals surface area contributed by atoms with Gasteiger partial charge in [0.05, 0.1) is 12.7 Å². The average molecular weight is 650 g/mol. The first kappa shape index (κ1) is 32.7. The van der Waals surface area contributed by atoms with Gasteiger partial charge in [0.15, 0.2) is 18.0 Å². The van der Waals surface area contributed by atoms with Crippen LogP contribution in [-0.2, 0) is 23.4 Å². The van der Waals surface area contributed by atoms with Crippen molar-refractivity contribution in [3.05, 3.63) is 74.5 Å². The minimum absolute atomic E-state index is 0.0476. The van der Waals surface area contributed by atoms with E-state index in [0.29, 0.717) is 16.2 Å². The van der Waals surface area contributed by atoms with Gasteiger partial charge in [-0.2, -0.15) is 5.09 Å². The van der Waals surface area contributed by atoms with Crippen molar-refractivity contribution in [2.75, 3.05) is 6.61 Å². The highest BCUT2D eigenvalue weighted by atomic mass is 35.5. The standard InChI is InChI=1S/C26H28ClF3N3O9P/c1-13(2)40-23(36)14(3)32-43(38,42-17-9-8-15-6-4-5-7-16(15)10-17)39-12-26(24(29)30)20(34)19(28)22(41-26)33-11-18(27)21(35)31-25(33)37/h4-11,13-14,19-20,22,24,34H,12H2,1-3H3,(H,32,38)(H,31,35,37). The molecule has 0 spiro atoms. The largest absolute Gasteiger partial charge is 0.462 e. The number of alkyl halides is 3. The summed E-state index contributed by atoms with van der Waals surface area (Å²) in [5, 5.41) is 13.8. The van der Waals surface area contributed by atoms with Crippen LogP contribution < -0.4 is 20.9 Å². The van der Waals surface area contributed by atoms with Gasteiger partial charge in [-0.05, 0) is 43.7 Å². The van der Waals surface area contributed by atoms with Crippen LogP contribution in [0.1, 0.15) is 27.0 Å². The number of rotatable bonds is 11. The minimum atomic E-state index is -4.80. The van der Waals surface area contributed by atoms with E-state index in [9.17, 15) is 32.8 Å². The molecule has 17 heteroatoms. The molecule has 4 rings (SSSR count). The molecule has 234 valence electrons. The van der Waals surface area contributed by atoms with Gasteiger partial charge in [0.1, 0.15) is 22.9 Å². The summed E-state index contributed by atoms with van der Waals surface area (Å²) in [6, 6.07) is 10.2. The topological polar surface area (TPSA) is 158 Å². The molecule has 0 aliphatic carbocycles. The summed E-state index contributed by atoms with van der Waals surface area (Å²) in [7, 11) is -4.80. The van der Waals surface area contributed by atoms with E-state index in [1.54, 1.807) is 49.2 Å². The number of ether oxygens (including phenoxy) is 2. The normalized spacial score (nSPS) is 24.3. The molecule has 1 aliphatic rings. The van der Waals surface area contributed by atoms with Gasteiger partial charge >= 0.3 is 19.4 Å². The summed E-state index contributed by atoms with van der Waals surface area (Å²) >= 11 is 5.71. The Labute approximate surface area is 247 Å². The zero-order chi connectivity index (χ0) is 31.7. The molecule has 1 saturated heterocycles. The molecule has 43 heavy (non-hydrogen) atoms. The average Bonchev–Trinajstić information content (AvgIpc) is 3.19. The first-order valence-electron chi connectivity index (χ1n) is 12.9. The highest BCUT2D eigenvalue weighted by Crippen LogP contribution is 2.50. The lowest BCUT2D eigenvalue weighted by Gasteiger charge is -2.32. The van der Waals surface area contributed by atoms with E-state index in [2.05, 4.69) is 5.09 Å². The molecule has 6 unspecified atom stereocenters. The number of hydrogen-bond donors (Lipinski definition) is 3. The smallest absolute Gasteiger partial charge is 0.459 e. The number of carbonyl (C=O) groups excluding carboxylic acids is 1. The fourth-order valence-electron chi connectivity index (χ4n) is 4.27. The molecule has 3 aromatic rings. The Morgan fingerprint density at radius 3 is 2.53 bits per heavy atom. The van der Waals surface area contributed by atoms with E-state index in [1.165, 1.54) is 19.1 Å². The summed E-state index contributed by atoms with van der Waals surface area (Å²) in [4.78, 5) is 38.1. The van der Waals surface area contributed by atoms with Crippen molar-refractivity contribution in [3.63, 3.8) is 0 Å². The predicted molar refractivity (Wildman–Crippen MR) is 148 cm³/mol. The van der Waals surface area contributed by atoms with Gasteiger partial charge in [-0.15, -0.1) is 0 Å². The lowest BCUT2D eigenvalue weighted by atomic mass is 9.97. The predicted octanol–water partition coefficient (Wildman–Crippen LogP) is 3.71. The first-order valence-corrected chi connectivity index (χ1v) is 14.8. The van der Waals surface area contributed by atoms with Crippen LogP contribution in [0.4, 0.5) is 13.2 Å². The maximum atomic E-state index is 15.3. The van der Waals surface area contributed by atoms with Crippen LogP contribution in [0, 0.1) is 0 Å². The van der Waals surface area contributed by atoms with Crippen molar-refractivity contribution in [1.82, 2.24) is 14.6 Å². The highest BCUT2D eigenvalue weighted by Gasteiger charge is 2.62. The molecule has 1 aromatic heterocycles. The molecule has 0 bridgehead atoms. The number of aromatic nitrogens is 2. The molecular weight excluding hydrogens is 622 g/mol. The van der Waals surface area contributed by atoms with Crippen LogP contribution in [0.15, 0.2) is 58.3 Å². The molecule has 1 fully saturated rings. The lowest BCUT2D eigenvalue weighted by Crippen LogP contribution is -2.52. The van der Waals surface area contributed by atoms with Crippen molar-refractivity contribution >= 4 is 36.1 Å². The van der Waals surface area contributed by atoms with Crippen molar-refractivity contribution in [2.45, 2.75) is 63.4 Å². The van der Waals surface area contributed by atoms with Gasteiger partial charge in [0.2, 0.25) is 0 Å². The van der Waals surface area contributed by atoms with Crippen LogP contribution in [0.2, 0.25) is 5.02 Å². The maximum absolute atomic E-state index is 15.3. The number of aromatic amines is 1. The van der Waals surface area contributed by atoms with Crippen molar-refractivity contribution in [3.8, 4) is 5.75 Å². The number of fused-ring (bicyclic) bond motifs is 1. The zero-order valence-electron chi connectivity index (χ0n) is 22.9. The third-order valence-electron chi connectivity index (χ3n) is 6.45. The van der Waals surface area contributed by atoms with Crippen molar-refractivity contribution in [2.24, 2.45) is 0 Å². The second-order valence-electron chi connectivity index (χ2n) is 10.0. The molecular formula is C26H28ClF3N3O9P. The van der Waals surface area contributed by atoms with Crippen LogP contribution in [-0.4, -0.2) is 63.7 Å². The molecule has 2 heterocycles. The number of H-pyrrole nitrogens is 1. The quantitative estimate of drug-likeness (QED) is 0.207. The molecule has 2 aromatic carbocycles. The van der Waals surface area contributed by atoms with Gasteiger partial charge in [-0.1, -0.05) is 41.9 Å². The number of hydrogen-bond acceptors (Lipinski definition) is 9. The van der Waals surface area contributed by atoms with Crippen LogP contribution in [0.3, 0.4) is 0 Å². The Kier molecular flexibility index (Phi) is 9.74. The Hall–Kier alpha value is -3.20. The van der Waals surface area contributed by atoms with Crippen molar-refractivity contribution < 1.29 is 46.2 Å². The Morgan fingerprint density at radius 2 is 1.88 bits per heavy atom. The number of benzene rings is 2. The number of esters is 1. The third kappa shape index (κ3) is 6.97. The summed E-state index contributed by atoms with van der Waals surface area (Å²) in [5.74, 6) is -0.923. The minimum Gasteiger partial charge on any atom is -0.462 e. The second kappa shape index (κ2) is 12.8. The highest BCUT2D eigenvalue weighted by molar-refractivity contribution is 7.52. The molecule has 3 N–H and O–H groups in total. The molecule has 12 nitrogen and oxygen atoms in total. The van der Waals surface area contributed by atoms with E-state index < -0.39 is 79.3 Å². The second-order valence-corrected chi connectivity index (χ2v) is 12.1. The Morgan fingerprint density at radius 1 is 1.21 bits per heavy atom. The van der Waals surface area contributed by atoms with E-state index in [1.807, 2.05) is 0 Å². The van der Waals surface area contributed by atoms with Gasteiger partial charge in [0, 0.05) is 6.20 Å². The molecule has 0 radical (unpaired) electrons. The van der Waals surface area contributed by atoms with E-state index in [-0.39, 0.29) is 5.75 Å². The van der Waals surface area contributed by atoms with Crippen LogP contribution >= 0.6 is 19.3 Å². The maximum Gasteiger partial charge on any atom is 0.459 e. The summed E-state index contributed by atoms with van der Waals surface area (Å²) < 4.78 is 79.8. The molecule has 1 aliphatic heterocycles. The van der Waals surface area contributed by atoms with Gasteiger partial charge in [-0.3, -0.25) is 23.7 Å². The summed E-state index contributed by atoms with van der Waals surface area (Å²) in [6.45, 7) is 2.96. The molecule has 6 atom stereocenters.